The van der Waals surface area contributed by atoms with Gasteiger partial charge in [0.25, 0.3) is 0 Å². The highest BCUT2D eigenvalue weighted by atomic mass is 35.5. The van der Waals surface area contributed by atoms with Gasteiger partial charge < -0.3 is 0 Å². The van der Waals surface area contributed by atoms with E-state index in [0.717, 1.165) is 0 Å². The summed E-state index contributed by atoms with van der Waals surface area (Å²) in [5.74, 6) is 2.53. The third-order valence-electron chi connectivity index (χ3n) is 1.46. The van der Waals surface area contributed by atoms with E-state index in [4.69, 9.17) is 23.2 Å². The Bertz CT molecular complexity index is 46.5. The number of hydrogen-bond acceptors (Lipinski definition) is 0. The SMILES string of the molecule is CC(CCl)C(C)CCl. The van der Waals surface area contributed by atoms with Crippen LogP contribution in [0.1, 0.15) is 13.8 Å². The van der Waals surface area contributed by atoms with Crippen LogP contribution in [0, 0.1) is 11.8 Å². The summed E-state index contributed by atoms with van der Waals surface area (Å²) in [5.41, 5.74) is 0. The van der Waals surface area contributed by atoms with Crippen molar-refractivity contribution in [2.24, 2.45) is 11.8 Å². The van der Waals surface area contributed by atoms with Gasteiger partial charge in [0.05, 0.1) is 0 Å². The van der Waals surface area contributed by atoms with Gasteiger partial charge in [0.15, 0.2) is 0 Å². The van der Waals surface area contributed by atoms with Gasteiger partial charge in [-0.3, -0.25) is 0 Å². The third kappa shape index (κ3) is 2.78. The van der Waals surface area contributed by atoms with Crippen molar-refractivity contribution in [3.8, 4) is 0 Å². The fourth-order valence-corrected chi connectivity index (χ4v) is 0.912. The predicted molar refractivity (Wildman–Crippen MR) is 39.8 cm³/mol. The minimum atomic E-state index is 0.550. The molecule has 0 saturated carbocycles. The summed E-state index contributed by atoms with van der Waals surface area (Å²) in [4.78, 5) is 0. The summed E-state index contributed by atoms with van der Waals surface area (Å²) in [6, 6.07) is 0. The molecule has 2 heteroatoms. The first-order chi connectivity index (χ1) is 3.72. The van der Waals surface area contributed by atoms with Crippen molar-refractivity contribution in [1.29, 1.82) is 0 Å². The Kier molecular flexibility index (Phi) is 4.78. The van der Waals surface area contributed by atoms with Crippen LogP contribution in [-0.4, -0.2) is 11.8 Å². The second-order valence-electron chi connectivity index (χ2n) is 2.26. The highest BCUT2D eigenvalue weighted by Crippen LogP contribution is 2.13. The molecule has 0 spiro atoms. The zero-order valence-corrected chi connectivity index (χ0v) is 6.84. The highest BCUT2D eigenvalue weighted by molar-refractivity contribution is 6.19. The minimum absolute atomic E-state index is 0.550. The predicted octanol–water partition coefficient (Wildman–Crippen LogP) is 2.74. The molecule has 0 fully saturated rings. The van der Waals surface area contributed by atoms with Gasteiger partial charge in [-0.05, 0) is 11.8 Å². The van der Waals surface area contributed by atoms with Gasteiger partial charge in [0.1, 0.15) is 0 Å². The first kappa shape index (κ1) is 8.58. The average molecular weight is 155 g/mol. The standard InChI is InChI=1S/C6H12Cl2/c1-5(3-7)6(2)4-8/h5-6H,3-4H2,1-2H3. The van der Waals surface area contributed by atoms with Crippen LogP contribution >= 0.6 is 23.2 Å². The van der Waals surface area contributed by atoms with E-state index < -0.39 is 0 Å². The van der Waals surface area contributed by atoms with Gasteiger partial charge in [0.2, 0.25) is 0 Å². The molecule has 0 nitrogen and oxygen atoms in total. The van der Waals surface area contributed by atoms with Crippen molar-refractivity contribution in [2.45, 2.75) is 13.8 Å². The number of alkyl halides is 2. The van der Waals surface area contributed by atoms with Crippen molar-refractivity contribution < 1.29 is 0 Å². The molecule has 0 rings (SSSR count). The maximum absolute atomic E-state index is 5.57. The normalized spacial score (nSPS) is 18.0. The molecule has 0 aromatic carbocycles. The molecule has 0 radical (unpaired) electrons. The van der Waals surface area contributed by atoms with Crippen LogP contribution in [0.2, 0.25) is 0 Å². The summed E-state index contributed by atoms with van der Waals surface area (Å²) in [6.45, 7) is 4.22. The molecular weight excluding hydrogens is 143 g/mol. The molecule has 0 saturated heterocycles. The molecule has 50 valence electrons. The molecule has 2 atom stereocenters. The molecule has 0 aliphatic rings. The van der Waals surface area contributed by atoms with E-state index in [0.29, 0.717) is 23.6 Å². The Morgan fingerprint density at radius 3 is 1.38 bits per heavy atom. The topological polar surface area (TPSA) is 0 Å². The van der Waals surface area contributed by atoms with Crippen molar-refractivity contribution in [1.82, 2.24) is 0 Å². The lowest BCUT2D eigenvalue weighted by molar-refractivity contribution is 0.467. The lowest BCUT2D eigenvalue weighted by atomic mass is 10.0. The Morgan fingerprint density at radius 1 is 1.00 bits per heavy atom. The molecule has 0 bridgehead atoms. The fourth-order valence-electron chi connectivity index (χ4n) is 0.304. The fraction of sp³-hybridized carbons (Fsp3) is 1.00. The highest BCUT2D eigenvalue weighted by Gasteiger charge is 2.07. The third-order valence-corrected chi connectivity index (χ3v) is 2.43. The van der Waals surface area contributed by atoms with Crippen molar-refractivity contribution in [2.75, 3.05) is 11.8 Å². The molecule has 0 aromatic heterocycles. The number of rotatable bonds is 3. The summed E-state index contributed by atoms with van der Waals surface area (Å²) in [7, 11) is 0. The van der Waals surface area contributed by atoms with Crippen LogP contribution < -0.4 is 0 Å². The summed E-state index contributed by atoms with van der Waals surface area (Å²) in [6.07, 6.45) is 0. The minimum Gasteiger partial charge on any atom is -0.126 e. The maximum atomic E-state index is 5.57. The Hall–Kier alpha value is 0.580. The summed E-state index contributed by atoms with van der Waals surface area (Å²) >= 11 is 11.1. The van der Waals surface area contributed by atoms with E-state index in [-0.39, 0.29) is 0 Å². The second kappa shape index (κ2) is 4.46. The summed E-state index contributed by atoms with van der Waals surface area (Å²) in [5, 5.41) is 0. The number of halogens is 2. The monoisotopic (exact) mass is 154 g/mol. The zero-order chi connectivity index (χ0) is 6.57. The smallest absolute Gasteiger partial charge is 0.0252 e. The van der Waals surface area contributed by atoms with Crippen LogP contribution in [0.5, 0.6) is 0 Å². The summed E-state index contributed by atoms with van der Waals surface area (Å²) < 4.78 is 0. The van der Waals surface area contributed by atoms with Gasteiger partial charge in [-0.2, -0.15) is 0 Å². The molecule has 0 amide bonds. The molecular formula is C6H12Cl2. The molecule has 0 N–H and O–H groups in total. The first-order valence-electron chi connectivity index (χ1n) is 2.84. The van der Waals surface area contributed by atoms with Gasteiger partial charge >= 0.3 is 0 Å². The first-order valence-corrected chi connectivity index (χ1v) is 3.91. The van der Waals surface area contributed by atoms with E-state index >= 15 is 0 Å². The molecule has 8 heavy (non-hydrogen) atoms. The van der Waals surface area contributed by atoms with E-state index in [9.17, 15) is 0 Å². The van der Waals surface area contributed by atoms with E-state index in [1.54, 1.807) is 0 Å². The van der Waals surface area contributed by atoms with Gasteiger partial charge in [0, 0.05) is 11.8 Å². The zero-order valence-electron chi connectivity index (χ0n) is 5.32. The second-order valence-corrected chi connectivity index (χ2v) is 2.88. The molecule has 2 unspecified atom stereocenters. The quantitative estimate of drug-likeness (QED) is 0.549. The van der Waals surface area contributed by atoms with Crippen molar-refractivity contribution >= 4 is 23.2 Å². The van der Waals surface area contributed by atoms with Gasteiger partial charge in [-0.1, -0.05) is 13.8 Å². The Balaban J connectivity index is 3.29. The molecule has 0 aromatic rings. The van der Waals surface area contributed by atoms with E-state index in [1.807, 2.05) is 0 Å². The van der Waals surface area contributed by atoms with Crippen molar-refractivity contribution in [3.63, 3.8) is 0 Å². The number of hydrogen-bond donors (Lipinski definition) is 0. The van der Waals surface area contributed by atoms with E-state index in [1.165, 1.54) is 0 Å². The average Bonchev–Trinajstić information content (AvgIpc) is 1.84. The van der Waals surface area contributed by atoms with Crippen LogP contribution in [0.25, 0.3) is 0 Å². The lowest BCUT2D eigenvalue weighted by Gasteiger charge is -2.12. The van der Waals surface area contributed by atoms with Crippen molar-refractivity contribution in [3.05, 3.63) is 0 Å². The van der Waals surface area contributed by atoms with Gasteiger partial charge in [-0.25, -0.2) is 0 Å². The lowest BCUT2D eigenvalue weighted by Crippen LogP contribution is -2.10. The van der Waals surface area contributed by atoms with Crippen LogP contribution in [0.3, 0.4) is 0 Å². The largest absolute Gasteiger partial charge is 0.126 e. The molecule has 0 aliphatic heterocycles. The van der Waals surface area contributed by atoms with Crippen LogP contribution in [0.4, 0.5) is 0 Å². The Morgan fingerprint density at radius 2 is 1.25 bits per heavy atom. The van der Waals surface area contributed by atoms with Gasteiger partial charge in [-0.15, -0.1) is 23.2 Å². The van der Waals surface area contributed by atoms with Crippen LogP contribution in [-0.2, 0) is 0 Å². The molecule has 0 aliphatic carbocycles. The molecule has 0 heterocycles. The van der Waals surface area contributed by atoms with E-state index in [2.05, 4.69) is 13.8 Å². The Labute approximate surface area is 61.2 Å². The van der Waals surface area contributed by atoms with Crippen LogP contribution in [0.15, 0.2) is 0 Å². The maximum Gasteiger partial charge on any atom is 0.0252 e.